The third-order valence-electron chi connectivity index (χ3n) is 11.8. The molecule has 6 heterocycles. The summed E-state index contributed by atoms with van der Waals surface area (Å²) < 4.78 is 19.8. The molecule has 0 saturated heterocycles. The molecule has 0 spiro atoms. The van der Waals surface area contributed by atoms with Crippen LogP contribution in [0.5, 0.6) is 23.0 Å². The Labute approximate surface area is 358 Å². The summed E-state index contributed by atoms with van der Waals surface area (Å²) in [5, 5.41) is 15.8. The second-order valence-electron chi connectivity index (χ2n) is 15.4. The molecule has 296 valence electrons. The van der Waals surface area contributed by atoms with Gasteiger partial charge < -0.3 is 9.47 Å². The predicted molar refractivity (Wildman–Crippen MR) is 249 cm³/mol. The van der Waals surface area contributed by atoms with Crippen LogP contribution in [0.2, 0.25) is 0 Å². The van der Waals surface area contributed by atoms with Crippen molar-refractivity contribution >= 4 is 76.5 Å². The minimum atomic E-state index is 0.436. The van der Waals surface area contributed by atoms with E-state index in [9.17, 15) is 0 Å². The molecule has 6 aromatic heterocycles. The number of hydrogen-bond acceptors (Lipinski definition) is 7. The van der Waals surface area contributed by atoms with E-state index in [4.69, 9.17) is 24.4 Å². The van der Waals surface area contributed by atoms with E-state index >= 15 is 0 Å². The molecule has 0 aliphatic rings. The number of ether oxygens (including phenoxy) is 2. The van der Waals surface area contributed by atoms with Crippen molar-refractivity contribution in [2.45, 2.75) is 0 Å². The van der Waals surface area contributed by atoms with Crippen molar-refractivity contribution in [1.82, 2.24) is 38.9 Å². The van der Waals surface area contributed by atoms with Gasteiger partial charge in [-0.1, -0.05) is 60.7 Å². The molecule has 7 aromatic carbocycles. The van der Waals surface area contributed by atoms with Crippen molar-refractivity contribution in [1.29, 1.82) is 0 Å². The SMILES string of the molecule is c1ccc(-n2c3ccccc3c3ccc(Oc4ccc5c6ccc(Oc7ccc8c9ccccc9n(-c9ccccn9)c8c7)cc6n(-c6nnc7ccccc7n6)c5c4)cc32)nc1. The molecule has 13 rings (SSSR count). The molecule has 10 nitrogen and oxygen atoms in total. The second kappa shape index (κ2) is 13.8. The largest absolute Gasteiger partial charge is 0.457 e. The molecule has 0 radical (unpaired) electrons. The molecule has 0 fully saturated rings. The van der Waals surface area contributed by atoms with Gasteiger partial charge >= 0.3 is 0 Å². The molecular formula is C53H32N8O2. The molecule has 63 heavy (non-hydrogen) atoms. The van der Waals surface area contributed by atoms with E-state index in [2.05, 4.69) is 104 Å². The molecule has 0 bridgehead atoms. The summed E-state index contributed by atoms with van der Waals surface area (Å²) in [6, 6.07) is 61.2. The Morgan fingerprint density at radius 3 is 1.17 bits per heavy atom. The lowest BCUT2D eigenvalue weighted by atomic mass is 10.1. The van der Waals surface area contributed by atoms with E-state index in [0.717, 1.165) is 82.6 Å². The van der Waals surface area contributed by atoms with Crippen LogP contribution in [0.25, 0.3) is 94.0 Å². The van der Waals surface area contributed by atoms with Gasteiger partial charge in [0.15, 0.2) is 0 Å². The van der Waals surface area contributed by atoms with Crippen LogP contribution in [-0.4, -0.2) is 38.9 Å². The first kappa shape index (κ1) is 34.9. The van der Waals surface area contributed by atoms with Crippen LogP contribution in [0.3, 0.4) is 0 Å². The molecule has 0 atom stereocenters. The van der Waals surface area contributed by atoms with Crippen LogP contribution in [0.15, 0.2) is 194 Å². The highest BCUT2D eigenvalue weighted by Gasteiger charge is 2.20. The van der Waals surface area contributed by atoms with Gasteiger partial charge in [-0.3, -0.25) is 13.7 Å². The van der Waals surface area contributed by atoms with Gasteiger partial charge in [-0.15, -0.1) is 10.2 Å². The summed E-state index contributed by atoms with van der Waals surface area (Å²) in [7, 11) is 0. The zero-order valence-corrected chi connectivity index (χ0v) is 33.4. The molecule has 0 amide bonds. The predicted octanol–water partition coefficient (Wildman–Crippen LogP) is 12.7. The molecular weight excluding hydrogens is 781 g/mol. The lowest BCUT2D eigenvalue weighted by molar-refractivity contribution is 0.484. The van der Waals surface area contributed by atoms with Crippen molar-refractivity contribution < 1.29 is 9.47 Å². The average Bonchev–Trinajstić information content (AvgIpc) is 3.96. The second-order valence-corrected chi connectivity index (χ2v) is 15.4. The third-order valence-corrected chi connectivity index (χ3v) is 11.8. The number of hydrogen-bond donors (Lipinski definition) is 0. The maximum absolute atomic E-state index is 6.71. The summed E-state index contributed by atoms with van der Waals surface area (Å²) in [4.78, 5) is 14.4. The van der Waals surface area contributed by atoms with E-state index in [1.54, 1.807) is 0 Å². The summed E-state index contributed by atoms with van der Waals surface area (Å²) in [5.41, 5.74) is 7.34. The Bertz CT molecular complexity index is 3720. The van der Waals surface area contributed by atoms with Crippen molar-refractivity contribution in [3.8, 4) is 40.6 Å². The fraction of sp³-hybridized carbons (Fsp3) is 0. The molecule has 0 aliphatic heterocycles. The lowest BCUT2D eigenvalue weighted by Crippen LogP contribution is -2.03. The van der Waals surface area contributed by atoms with E-state index in [1.807, 2.05) is 114 Å². The van der Waals surface area contributed by atoms with Gasteiger partial charge in [-0.25, -0.2) is 15.0 Å². The molecule has 0 unspecified atom stereocenters. The number of rotatable bonds is 7. The Hall–Kier alpha value is -8.89. The van der Waals surface area contributed by atoms with Gasteiger partial charge in [-0.2, -0.15) is 0 Å². The highest BCUT2D eigenvalue weighted by Crippen LogP contribution is 2.40. The maximum atomic E-state index is 6.71. The molecule has 0 N–H and O–H groups in total. The highest BCUT2D eigenvalue weighted by molar-refractivity contribution is 6.11. The number of para-hydroxylation sites is 3. The zero-order chi connectivity index (χ0) is 41.4. The third kappa shape index (κ3) is 5.62. The Kier molecular flexibility index (Phi) is 7.67. The van der Waals surface area contributed by atoms with Crippen LogP contribution in [-0.2, 0) is 0 Å². The summed E-state index contributed by atoms with van der Waals surface area (Å²) in [5.74, 6) is 4.83. The van der Waals surface area contributed by atoms with Crippen molar-refractivity contribution in [2.75, 3.05) is 0 Å². The van der Waals surface area contributed by atoms with Gasteiger partial charge in [0.25, 0.3) is 5.95 Å². The minimum absolute atomic E-state index is 0.436. The van der Waals surface area contributed by atoms with Crippen LogP contribution in [0, 0.1) is 0 Å². The van der Waals surface area contributed by atoms with E-state index < -0.39 is 0 Å². The summed E-state index contributed by atoms with van der Waals surface area (Å²) >= 11 is 0. The van der Waals surface area contributed by atoms with Crippen LogP contribution >= 0.6 is 0 Å². The highest BCUT2D eigenvalue weighted by atomic mass is 16.5. The van der Waals surface area contributed by atoms with Crippen molar-refractivity contribution in [3.05, 3.63) is 194 Å². The number of pyridine rings is 2. The molecule has 0 aliphatic carbocycles. The monoisotopic (exact) mass is 812 g/mol. The topological polar surface area (TPSA) is 97.7 Å². The smallest absolute Gasteiger partial charge is 0.255 e. The summed E-state index contributed by atoms with van der Waals surface area (Å²) in [6.45, 7) is 0. The normalized spacial score (nSPS) is 11.8. The van der Waals surface area contributed by atoms with E-state index in [0.29, 0.717) is 34.5 Å². The molecule has 0 saturated carbocycles. The zero-order valence-electron chi connectivity index (χ0n) is 33.4. The van der Waals surface area contributed by atoms with Crippen molar-refractivity contribution in [2.24, 2.45) is 0 Å². The van der Waals surface area contributed by atoms with Gasteiger partial charge in [0, 0.05) is 69.0 Å². The summed E-state index contributed by atoms with van der Waals surface area (Å²) in [6.07, 6.45) is 3.64. The van der Waals surface area contributed by atoms with Gasteiger partial charge in [0.1, 0.15) is 40.2 Å². The van der Waals surface area contributed by atoms with Crippen LogP contribution in [0.4, 0.5) is 0 Å². The minimum Gasteiger partial charge on any atom is -0.457 e. The van der Waals surface area contributed by atoms with Gasteiger partial charge in [0.2, 0.25) is 0 Å². The van der Waals surface area contributed by atoms with Crippen molar-refractivity contribution in [3.63, 3.8) is 0 Å². The fourth-order valence-corrected chi connectivity index (χ4v) is 9.05. The first-order valence-electron chi connectivity index (χ1n) is 20.6. The number of fused-ring (bicyclic) bond motifs is 10. The number of aromatic nitrogens is 8. The standard InChI is InChI=1S/C53H32N8O2/c1-5-15-45-37(11-1)39-23-19-33(29-47(39)59(45)51-17-7-9-27-54-51)62-35-21-25-41-42-26-22-36(32-50(42)61(49(41)31-35)53-56-43-13-3-4-14-44(43)57-58-53)63-34-20-24-40-38-12-2-6-16-46(38)60(48(40)30-34)52-18-8-10-28-55-52/h1-32H. The van der Waals surface area contributed by atoms with Gasteiger partial charge in [-0.05, 0) is 97.1 Å². The first-order valence-corrected chi connectivity index (χ1v) is 20.6. The molecule has 10 heteroatoms. The van der Waals surface area contributed by atoms with E-state index in [-0.39, 0.29) is 0 Å². The Morgan fingerprint density at radius 1 is 0.317 bits per heavy atom. The lowest BCUT2D eigenvalue weighted by Gasteiger charge is -2.11. The Balaban J connectivity index is 0.939. The van der Waals surface area contributed by atoms with E-state index in [1.165, 1.54) is 0 Å². The fourth-order valence-electron chi connectivity index (χ4n) is 9.05. The number of nitrogens with zero attached hydrogens (tertiary/aromatic N) is 8. The average molecular weight is 813 g/mol. The Morgan fingerprint density at radius 2 is 0.714 bits per heavy atom. The molecule has 13 aromatic rings. The quantitative estimate of drug-likeness (QED) is 0.158. The van der Waals surface area contributed by atoms with Crippen LogP contribution < -0.4 is 9.47 Å². The first-order chi connectivity index (χ1) is 31.2. The van der Waals surface area contributed by atoms with Gasteiger partial charge in [0.05, 0.1) is 38.6 Å². The number of benzene rings is 7. The van der Waals surface area contributed by atoms with Crippen LogP contribution in [0.1, 0.15) is 0 Å². The maximum Gasteiger partial charge on any atom is 0.255 e.